The van der Waals surface area contributed by atoms with Crippen molar-refractivity contribution >= 4 is 22.3 Å². The van der Waals surface area contributed by atoms with Gasteiger partial charge < -0.3 is 4.57 Å². The van der Waals surface area contributed by atoms with Crippen molar-refractivity contribution in [3.05, 3.63) is 30.6 Å². The lowest BCUT2D eigenvalue weighted by atomic mass is 10.2. The molecule has 2 heterocycles. The largest absolute Gasteiger partial charge is 0.311 e. The number of aromatic nitrogens is 4. The van der Waals surface area contributed by atoms with Crippen molar-refractivity contribution in [2.75, 3.05) is 0 Å². The molecule has 2 aromatic heterocycles. The Kier molecular flexibility index (Phi) is 2.70. The molecule has 3 rings (SSSR count). The van der Waals surface area contributed by atoms with Gasteiger partial charge in [-0.2, -0.15) is 0 Å². The molecule has 0 aliphatic carbocycles. The van der Waals surface area contributed by atoms with Gasteiger partial charge in [-0.3, -0.25) is 0 Å². The molecule has 0 spiro atoms. The van der Waals surface area contributed by atoms with Crippen LogP contribution < -0.4 is 0 Å². The molecule has 0 saturated carbocycles. The third kappa shape index (κ3) is 1.65. The number of benzene rings is 1. The molecule has 0 radical (unpaired) electrons. The number of fused-ring (bicyclic) bond motifs is 2. The quantitative estimate of drug-likeness (QED) is 0.705. The summed E-state index contributed by atoms with van der Waals surface area (Å²) in [6.45, 7) is 4.38. The molecule has 92 valence electrons. The highest BCUT2D eigenvalue weighted by molar-refractivity contribution is 5.82. The van der Waals surface area contributed by atoms with Crippen LogP contribution >= 0.6 is 0 Å². The van der Waals surface area contributed by atoms with Crippen molar-refractivity contribution in [3.8, 4) is 0 Å². The Morgan fingerprint density at radius 2 is 1.72 bits per heavy atom. The van der Waals surface area contributed by atoms with E-state index in [4.69, 9.17) is 4.98 Å². The van der Waals surface area contributed by atoms with Gasteiger partial charge in [0.1, 0.15) is 0 Å². The van der Waals surface area contributed by atoms with Crippen LogP contribution in [-0.2, 0) is 0 Å². The maximum absolute atomic E-state index is 4.69. The van der Waals surface area contributed by atoms with Crippen molar-refractivity contribution in [2.45, 2.75) is 32.7 Å². The van der Waals surface area contributed by atoms with E-state index in [1.165, 1.54) is 0 Å². The first-order chi connectivity index (χ1) is 8.83. The van der Waals surface area contributed by atoms with Gasteiger partial charge in [-0.25, -0.2) is 15.0 Å². The van der Waals surface area contributed by atoms with Crippen molar-refractivity contribution in [1.82, 2.24) is 19.5 Å². The van der Waals surface area contributed by atoms with Crippen LogP contribution in [0.2, 0.25) is 0 Å². The fourth-order valence-electron chi connectivity index (χ4n) is 2.36. The van der Waals surface area contributed by atoms with E-state index in [1.54, 1.807) is 0 Å². The maximum atomic E-state index is 4.69. The van der Waals surface area contributed by atoms with Crippen LogP contribution in [0, 0.1) is 0 Å². The van der Waals surface area contributed by atoms with Gasteiger partial charge in [0.05, 0.1) is 17.4 Å². The topological polar surface area (TPSA) is 43.6 Å². The van der Waals surface area contributed by atoms with Gasteiger partial charge in [0, 0.05) is 6.04 Å². The number of rotatable bonds is 3. The summed E-state index contributed by atoms with van der Waals surface area (Å²) in [7, 11) is 0. The predicted octanol–water partition coefficient (Wildman–Crippen LogP) is 3.34. The van der Waals surface area contributed by atoms with E-state index in [0.717, 1.165) is 35.2 Å². The number of imidazole rings is 1. The monoisotopic (exact) mass is 240 g/mol. The molecule has 0 amide bonds. The number of para-hydroxylation sites is 2. The van der Waals surface area contributed by atoms with Gasteiger partial charge in [0.25, 0.3) is 0 Å². The fourth-order valence-corrected chi connectivity index (χ4v) is 2.36. The van der Waals surface area contributed by atoms with Gasteiger partial charge in [0.15, 0.2) is 11.3 Å². The second-order valence-electron chi connectivity index (χ2n) is 4.48. The Morgan fingerprint density at radius 3 is 2.39 bits per heavy atom. The van der Waals surface area contributed by atoms with Crippen LogP contribution in [-0.4, -0.2) is 19.5 Å². The molecule has 18 heavy (non-hydrogen) atoms. The number of hydrogen-bond acceptors (Lipinski definition) is 3. The van der Waals surface area contributed by atoms with Crippen LogP contribution in [0.5, 0.6) is 0 Å². The third-order valence-corrected chi connectivity index (χ3v) is 3.42. The normalized spacial score (nSPS) is 11.7. The van der Waals surface area contributed by atoms with E-state index in [-0.39, 0.29) is 0 Å². The van der Waals surface area contributed by atoms with Gasteiger partial charge >= 0.3 is 0 Å². The molecule has 0 N–H and O–H groups in total. The summed E-state index contributed by atoms with van der Waals surface area (Å²) < 4.78 is 2.15. The Labute approximate surface area is 106 Å². The highest BCUT2D eigenvalue weighted by Gasteiger charge is 2.13. The van der Waals surface area contributed by atoms with Crippen LogP contribution in [0.4, 0.5) is 0 Å². The molecule has 4 heteroatoms. The van der Waals surface area contributed by atoms with Gasteiger partial charge in [0.2, 0.25) is 0 Å². The van der Waals surface area contributed by atoms with Crippen molar-refractivity contribution in [2.24, 2.45) is 0 Å². The summed E-state index contributed by atoms with van der Waals surface area (Å²) in [6, 6.07) is 8.37. The molecule has 0 saturated heterocycles. The molecule has 0 unspecified atom stereocenters. The molecular formula is C14H16N4. The molecule has 4 nitrogen and oxygen atoms in total. The molecule has 0 atom stereocenters. The highest BCUT2D eigenvalue weighted by Crippen LogP contribution is 2.22. The van der Waals surface area contributed by atoms with Crippen LogP contribution in [0.3, 0.4) is 0 Å². The summed E-state index contributed by atoms with van der Waals surface area (Å²) in [4.78, 5) is 13.6. The second kappa shape index (κ2) is 4.37. The molecular weight excluding hydrogens is 224 g/mol. The summed E-state index contributed by atoms with van der Waals surface area (Å²) in [5.74, 6) is 0. The molecule has 1 aromatic carbocycles. The average molecular weight is 240 g/mol. The predicted molar refractivity (Wildman–Crippen MR) is 72.4 cm³/mol. The van der Waals surface area contributed by atoms with E-state index >= 15 is 0 Å². The minimum atomic E-state index is 0.450. The number of nitrogens with zero attached hydrogens (tertiary/aromatic N) is 4. The first-order valence-corrected chi connectivity index (χ1v) is 6.42. The van der Waals surface area contributed by atoms with E-state index in [2.05, 4.69) is 28.4 Å². The van der Waals surface area contributed by atoms with E-state index in [1.807, 2.05) is 30.6 Å². The first-order valence-electron chi connectivity index (χ1n) is 6.42. The Morgan fingerprint density at radius 1 is 1.06 bits per heavy atom. The lowest BCUT2D eigenvalue weighted by molar-refractivity contribution is 0.481. The van der Waals surface area contributed by atoms with E-state index in [9.17, 15) is 0 Å². The Bertz CT molecular complexity index is 682. The van der Waals surface area contributed by atoms with E-state index in [0.29, 0.717) is 6.04 Å². The standard InChI is InChI=1S/C14H16N4/c1-3-10(4-2)18-9-15-13-14(18)17-12-8-6-5-7-11(12)16-13/h5-10H,3-4H2,1-2H3. The third-order valence-electron chi connectivity index (χ3n) is 3.42. The van der Waals surface area contributed by atoms with Crippen LogP contribution in [0.25, 0.3) is 22.3 Å². The lowest BCUT2D eigenvalue weighted by Crippen LogP contribution is -2.06. The SMILES string of the molecule is CCC(CC)n1cnc2nc3ccccc3nc21. The Hall–Kier alpha value is -1.97. The van der Waals surface area contributed by atoms with Crippen LogP contribution in [0.1, 0.15) is 32.7 Å². The Balaban J connectivity index is 2.26. The smallest absolute Gasteiger partial charge is 0.198 e. The maximum Gasteiger partial charge on any atom is 0.198 e. The van der Waals surface area contributed by atoms with Crippen molar-refractivity contribution in [3.63, 3.8) is 0 Å². The first kappa shape index (κ1) is 11.1. The molecule has 0 bridgehead atoms. The zero-order valence-corrected chi connectivity index (χ0v) is 10.7. The van der Waals surface area contributed by atoms with Crippen LogP contribution in [0.15, 0.2) is 30.6 Å². The molecule has 0 aliphatic rings. The lowest BCUT2D eigenvalue weighted by Gasteiger charge is -2.14. The number of hydrogen-bond donors (Lipinski definition) is 0. The summed E-state index contributed by atoms with van der Waals surface area (Å²) in [6.07, 6.45) is 4.02. The molecule has 0 fully saturated rings. The summed E-state index contributed by atoms with van der Waals surface area (Å²) in [5.41, 5.74) is 3.46. The van der Waals surface area contributed by atoms with Crippen molar-refractivity contribution in [1.29, 1.82) is 0 Å². The van der Waals surface area contributed by atoms with Gasteiger partial charge in [-0.1, -0.05) is 26.0 Å². The van der Waals surface area contributed by atoms with Gasteiger partial charge in [-0.05, 0) is 25.0 Å². The highest BCUT2D eigenvalue weighted by atomic mass is 15.1. The zero-order valence-electron chi connectivity index (χ0n) is 10.7. The zero-order chi connectivity index (χ0) is 12.5. The van der Waals surface area contributed by atoms with Gasteiger partial charge in [-0.15, -0.1) is 0 Å². The minimum Gasteiger partial charge on any atom is -0.311 e. The van der Waals surface area contributed by atoms with E-state index < -0.39 is 0 Å². The fraction of sp³-hybridized carbons (Fsp3) is 0.357. The molecule has 3 aromatic rings. The van der Waals surface area contributed by atoms with Crippen molar-refractivity contribution < 1.29 is 0 Å². The second-order valence-corrected chi connectivity index (χ2v) is 4.48. The summed E-state index contributed by atoms with van der Waals surface area (Å²) in [5, 5.41) is 0. The summed E-state index contributed by atoms with van der Waals surface area (Å²) >= 11 is 0. The molecule has 0 aliphatic heterocycles. The minimum absolute atomic E-state index is 0.450. The average Bonchev–Trinajstić information content (AvgIpc) is 2.81.